The molecule has 0 aliphatic rings. The van der Waals surface area contributed by atoms with Crippen LogP contribution in [0.3, 0.4) is 0 Å². The molecule has 0 spiro atoms. The van der Waals surface area contributed by atoms with E-state index in [4.69, 9.17) is 0 Å². The van der Waals surface area contributed by atoms with E-state index >= 15 is 0 Å². The molecule has 0 aliphatic carbocycles. The molecule has 0 bridgehead atoms. The van der Waals surface area contributed by atoms with Crippen molar-refractivity contribution < 1.29 is 27.6 Å². The van der Waals surface area contributed by atoms with Gasteiger partial charge in [0.25, 0.3) is 0 Å². The first-order chi connectivity index (χ1) is 13.5. The fourth-order valence-corrected chi connectivity index (χ4v) is 4.00. The van der Waals surface area contributed by atoms with Gasteiger partial charge in [-0.2, -0.15) is 18.4 Å². The maximum Gasteiger partial charge on any atom is 0.434 e. The van der Waals surface area contributed by atoms with Crippen LogP contribution < -0.4 is 0 Å². The third-order valence-corrected chi connectivity index (χ3v) is 5.80. The Morgan fingerprint density at radius 1 is 1.31 bits per heavy atom. The summed E-state index contributed by atoms with van der Waals surface area (Å²) >= 11 is 1.41. The minimum atomic E-state index is -4.98. The number of pyridine rings is 1. The fourth-order valence-electron chi connectivity index (χ4n) is 2.25. The number of ketones is 2. The number of alkyl halides is 3. The van der Waals surface area contributed by atoms with Gasteiger partial charge in [-0.05, 0) is 24.4 Å². The van der Waals surface area contributed by atoms with Crippen LogP contribution in [-0.2, 0) is 15.8 Å². The van der Waals surface area contributed by atoms with Gasteiger partial charge in [-0.1, -0.05) is 17.8 Å². The smallest absolute Gasteiger partial charge is 0.347 e. The number of nitrogens with zero attached hydrogens (tertiary/aromatic N) is 3. The van der Waals surface area contributed by atoms with Crippen LogP contribution >= 0.6 is 23.1 Å². The van der Waals surface area contributed by atoms with E-state index in [0.29, 0.717) is 11.8 Å². The molecule has 6 nitrogen and oxygen atoms in total. The summed E-state index contributed by atoms with van der Waals surface area (Å²) in [7, 11) is 2.78. The van der Waals surface area contributed by atoms with Crippen molar-refractivity contribution in [2.75, 3.05) is 14.1 Å². The molecular weight excluding hydrogens is 427 g/mol. The molecule has 2 aromatic rings. The topological polar surface area (TPSA) is 91.1 Å². The number of rotatable bonds is 6. The van der Waals surface area contributed by atoms with Crippen LogP contribution in [0.1, 0.15) is 33.4 Å². The van der Waals surface area contributed by atoms with Crippen LogP contribution in [0.2, 0.25) is 0 Å². The molecule has 2 rings (SSSR count). The Labute approximate surface area is 172 Å². The van der Waals surface area contributed by atoms with Crippen LogP contribution in [0.4, 0.5) is 13.2 Å². The third kappa shape index (κ3) is 5.02. The highest BCUT2D eigenvalue weighted by Crippen LogP contribution is 2.36. The van der Waals surface area contributed by atoms with E-state index in [1.165, 1.54) is 31.6 Å². The second-order valence-corrected chi connectivity index (χ2v) is 8.04. The molecular formula is C18H14F3N3O3S2. The largest absolute Gasteiger partial charge is 0.434 e. The van der Waals surface area contributed by atoms with Crippen LogP contribution in [0, 0.1) is 11.3 Å². The molecule has 11 heteroatoms. The Morgan fingerprint density at radius 2 is 1.97 bits per heavy atom. The molecule has 0 aromatic carbocycles. The fraction of sp³-hybridized carbons (Fsp3) is 0.278. The van der Waals surface area contributed by atoms with Crippen molar-refractivity contribution in [3.63, 3.8) is 0 Å². The lowest BCUT2D eigenvalue weighted by Gasteiger charge is -2.19. The number of amides is 1. The summed E-state index contributed by atoms with van der Waals surface area (Å²) < 4.78 is 40.8. The summed E-state index contributed by atoms with van der Waals surface area (Å²) in [6, 6.07) is 5.37. The highest BCUT2D eigenvalue weighted by Gasteiger charge is 2.39. The lowest BCUT2D eigenvalue weighted by Crippen LogP contribution is -2.36. The number of thiophene rings is 1. The van der Waals surface area contributed by atoms with Gasteiger partial charge in [-0.15, -0.1) is 11.3 Å². The molecule has 0 saturated heterocycles. The average molecular weight is 441 g/mol. The zero-order valence-corrected chi connectivity index (χ0v) is 17.0. The highest BCUT2D eigenvalue weighted by atomic mass is 32.2. The zero-order valence-electron chi connectivity index (χ0n) is 15.4. The molecule has 2 heterocycles. The standard InChI is InChI=1S/C18H14F3N3O3S2/c1-9(25)14(17(27)24(2)3)29-16-10(8-22)7-11(15(23-16)18(19,20)21)13(26)12-5-4-6-28-12/h4-7,14H,1-3H3/t14-/m0/s1. The van der Waals surface area contributed by atoms with Crippen molar-refractivity contribution in [3.8, 4) is 6.07 Å². The second kappa shape index (κ2) is 8.75. The summed E-state index contributed by atoms with van der Waals surface area (Å²) in [5.41, 5.74) is -2.57. The molecule has 1 amide bonds. The van der Waals surface area contributed by atoms with Gasteiger partial charge in [-0.3, -0.25) is 14.4 Å². The Kier molecular flexibility index (Phi) is 6.81. The first-order valence-corrected chi connectivity index (χ1v) is 9.72. The van der Waals surface area contributed by atoms with Crippen molar-refractivity contribution in [1.29, 1.82) is 5.26 Å². The van der Waals surface area contributed by atoms with Crippen molar-refractivity contribution in [2.24, 2.45) is 0 Å². The molecule has 1 atom stereocenters. The molecule has 0 N–H and O–H groups in total. The van der Waals surface area contributed by atoms with Gasteiger partial charge in [0.15, 0.2) is 11.5 Å². The number of hydrogen-bond acceptors (Lipinski definition) is 7. The van der Waals surface area contributed by atoms with Crippen LogP contribution in [0.25, 0.3) is 0 Å². The van der Waals surface area contributed by atoms with Crippen molar-refractivity contribution in [3.05, 3.63) is 45.3 Å². The maximum atomic E-state index is 13.6. The molecule has 0 saturated carbocycles. The molecule has 152 valence electrons. The zero-order chi connectivity index (χ0) is 21.9. The Balaban J connectivity index is 2.63. The van der Waals surface area contributed by atoms with Gasteiger partial charge < -0.3 is 4.90 Å². The number of carbonyl (C=O) groups is 3. The van der Waals surface area contributed by atoms with E-state index in [0.717, 1.165) is 29.2 Å². The SMILES string of the molecule is CC(=O)[C@H](Sc1nc(C(F)(F)F)c(C(=O)c2cccs2)cc1C#N)C(=O)N(C)C. The number of thioether (sulfide) groups is 1. The number of Topliss-reactive ketones (excluding diaryl/α,β-unsaturated/α-hetero) is 1. The molecule has 2 aromatic heterocycles. The van der Waals surface area contributed by atoms with Crippen LogP contribution in [0.5, 0.6) is 0 Å². The van der Waals surface area contributed by atoms with E-state index in [2.05, 4.69) is 4.98 Å². The number of aromatic nitrogens is 1. The highest BCUT2D eigenvalue weighted by molar-refractivity contribution is 8.01. The summed E-state index contributed by atoms with van der Waals surface area (Å²) in [5.74, 6) is -2.17. The van der Waals surface area contributed by atoms with Crippen molar-refractivity contribution in [1.82, 2.24) is 9.88 Å². The molecule has 0 radical (unpaired) electrons. The third-order valence-electron chi connectivity index (χ3n) is 3.63. The van der Waals surface area contributed by atoms with Crippen LogP contribution in [0.15, 0.2) is 28.6 Å². The summed E-state index contributed by atoms with van der Waals surface area (Å²) in [4.78, 5) is 41.2. The monoisotopic (exact) mass is 441 g/mol. The average Bonchev–Trinajstić information content (AvgIpc) is 3.17. The van der Waals surface area contributed by atoms with E-state index in [1.807, 2.05) is 0 Å². The molecule has 0 unspecified atom stereocenters. The van der Waals surface area contributed by atoms with Gasteiger partial charge in [0, 0.05) is 14.1 Å². The first-order valence-electron chi connectivity index (χ1n) is 7.96. The Hall–Kier alpha value is -2.71. The van der Waals surface area contributed by atoms with Gasteiger partial charge in [0.1, 0.15) is 16.3 Å². The number of carbonyl (C=O) groups excluding carboxylic acids is 3. The van der Waals surface area contributed by atoms with Crippen molar-refractivity contribution in [2.45, 2.75) is 23.4 Å². The molecule has 0 aliphatic heterocycles. The Morgan fingerprint density at radius 3 is 2.41 bits per heavy atom. The number of halogens is 3. The summed E-state index contributed by atoms with van der Waals surface area (Å²) in [5, 5.41) is 9.09. The Bertz CT molecular complexity index is 996. The minimum Gasteiger partial charge on any atom is -0.347 e. The number of nitriles is 1. The maximum absolute atomic E-state index is 13.6. The predicted molar refractivity (Wildman–Crippen MR) is 101 cm³/mol. The number of hydrogen-bond donors (Lipinski definition) is 0. The van der Waals surface area contributed by atoms with E-state index < -0.39 is 45.2 Å². The molecule has 29 heavy (non-hydrogen) atoms. The molecule has 0 fully saturated rings. The van der Waals surface area contributed by atoms with Gasteiger partial charge in [-0.25, -0.2) is 4.98 Å². The van der Waals surface area contributed by atoms with Crippen LogP contribution in [-0.4, -0.2) is 46.7 Å². The van der Waals surface area contributed by atoms with Gasteiger partial charge in [0.05, 0.1) is 16.0 Å². The summed E-state index contributed by atoms with van der Waals surface area (Å²) in [6.07, 6.45) is -4.98. The second-order valence-electron chi connectivity index (χ2n) is 5.99. The van der Waals surface area contributed by atoms with Gasteiger partial charge in [0.2, 0.25) is 11.7 Å². The predicted octanol–water partition coefficient (Wildman–Crippen LogP) is 3.40. The van der Waals surface area contributed by atoms with E-state index in [-0.39, 0.29) is 10.4 Å². The van der Waals surface area contributed by atoms with Gasteiger partial charge >= 0.3 is 6.18 Å². The summed E-state index contributed by atoms with van der Waals surface area (Å²) in [6.45, 7) is 1.12. The van der Waals surface area contributed by atoms with E-state index in [9.17, 15) is 32.8 Å². The quantitative estimate of drug-likeness (QED) is 0.388. The van der Waals surface area contributed by atoms with Crippen molar-refractivity contribution >= 4 is 40.6 Å². The lowest BCUT2D eigenvalue weighted by atomic mass is 10.1. The normalized spacial score (nSPS) is 12.2. The lowest BCUT2D eigenvalue weighted by molar-refractivity contribution is -0.141. The first kappa shape index (κ1) is 22.6. The minimum absolute atomic E-state index is 0.0611. The van der Waals surface area contributed by atoms with E-state index in [1.54, 1.807) is 6.07 Å².